The summed E-state index contributed by atoms with van der Waals surface area (Å²) in [7, 11) is -3.87. The first-order chi connectivity index (χ1) is 9.29. The summed E-state index contributed by atoms with van der Waals surface area (Å²) >= 11 is 6.39. The highest BCUT2D eigenvalue weighted by Gasteiger charge is 2.21. The van der Waals surface area contributed by atoms with Crippen molar-refractivity contribution in [2.24, 2.45) is 0 Å². The average Bonchev–Trinajstić information content (AvgIpc) is 2.30. The second kappa shape index (κ2) is 5.71. The second-order valence-electron chi connectivity index (χ2n) is 3.92. The number of hydrogen-bond donors (Lipinski definition) is 2. The Kier molecular flexibility index (Phi) is 4.36. The first-order valence-corrected chi connectivity index (χ1v) is 8.39. The summed E-state index contributed by atoms with van der Waals surface area (Å²) in [4.78, 5) is -0.0648. The highest BCUT2D eigenvalue weighted by atomic mass is 79.9. The van der Waals surface area contributed by atoms with Gasteiger partial charge in [0, 0.05) is 14.6 Å². The Bertz CT molecular complexity index is 726. The third kappa shape index (κ3) is 3.31. The molecule has 0 amide bonds. The summed E-state index contributed by atoms with van der Waals surface area (Å²) in [5, 5.41) is 0. The number of benzene rings is 2. The third-order valence-corrected chi connectivity index (χ3v) is 5.25. The van der Waals surface area contributed by atoms with Gasteiger partial charge in [-0.1, -0.05) is 15.9 Å². The molecule has 0 aromatic heterocycles. The molecule has 0 spiro atoms. The van der Waals surface area contributed by atoms with Crippen molar-refractivity contribution in [2.45, 2.75) is 4.90 Å². The molecular formula is C12H9Br2FN2O2S. The van der Waals surface area contributed by atoms with E-state index in [9.17, 15) is 12.8 Å². The van der Waals surface area contributed by atoms with Crippen molar-refractivity contribution < 1.29 is 12.8 Å². The van der Waals surface area contributed by atoms with Crippen molar-refractivity contribution in [3.05, 3.63) is 51.2 Å². The highest BCUT2D eigenvalue weighted by Crippen LogP contribution is 2.32. The van der Waals surface area contributed by atoms with Crippen LogP contribution in [0.4, 0.5) is 15.8 Å². The van der Waals surface area contributed by atoms with E-state index in [2.05, 4.69) is 36.6 Å². The van der Waals surface area contributed by atoms with Crippen LogP contribution in [0.1, 0.15) is 0 Å². The van der Waals surface area contributed by atoms with Gasteiger partial charge in [0.2, 0.25) is 0 Å². The first-order valence-electron chi connectivity index (χ1n) is 5.32. The van der Waals surface area contributed by atoms with E-state index in [1.165, 1.54) is 18.2 Å². The molecule has 2 aromatic rings. The smallest absolute Gasteiger partial charge is 0.265 e. The molecule has 2 aromatic carbocycles. The quantitative estimate of drug-likeness (QED) is 0.738. The van der Waals surface area contributed by atoms with Crippen LogP contribution in [0.15, 0.2) is 50.2 Å². The van der Waals surface area contributed by atoms with E-state index < -0.39 is 15.8 Å². The molecule has 0 atom stereocenters. The molecule has 0 saturated carbocycles. The predicted molar refractivity (Wildman–Crippen MR) is 83.5 cm³/mol. The van der Waals surface area contributed by atoms with Crippen molar-refractivity contribution in [3.63, 3.8) is 0 Å². The van der Waals surface area contributed by atoms with Gasteiger partial charge in [-0.3, -0.25) is 4.72 Å². The van der Waals surface area contributed by atoms with Crippen LogP contribution < -0.4 is 10.5 Å². The van der Waals surface area contributed by atoms with Gasteiger partial charge in [0.1, 0.15) is 10.7 Å². The monoisotopic (exact) mass is 422 g/mol. The lowest BCUT2D eigenvalue weighted by molar-refractivity contribution is 0.601. The molecule has 0 aliphatic carbocycles. The minimum Gasteiger partial charge on any atom is -0.398 e. The average molecular weight is 424 g/mol. The maximum absolute atomic E-state index is 12.8. The van der Waals surface area contributed by atoms with E-state index in [-0.39, 0.29) is 16.3 Å². The summed E-state index contributed by atoms with van der Waals surface area (Å²) in [6, 6.07) is 8.06. The fourth-order valence-electron chi connectivity index (χ4n) is 1.59. The Hall–Kier alpha value is -1.12. The molecular weight excluding hydrogens is 415 g/mol. The van der Waals surface area contributed by atoms with Crippen LogP contribution in [0.25, 0.3) is 0 Å². The Morgan fingerprint density at radius 2 is 1.70 bits per heavy atom. The van der Waals surface area contributed by atoms with Crippen LogP contribution in [-0.2, 0) is 10.0 Å². The Morgan fingerprint density at radius 3 is 2.25 bits per heavy atom. The molecule has 2 rings (SSSR count). The molecule has 0 aliphatic rings. The van der Waals surface area contributed by atoms with Crippen LogP contribution in [0.5, 0.6) is 0 Å². The van der Waals surface area contributed by atoms with E-state index in [0.29, 0.717) is 8.95 Å². The third-order valence-electron chi connectivity index (χ3n) is 2.40. The number of anilines is 2. The summed E-state index contributed by atoms with van der Waals surface area (Å²) < 4.78 is 40.8. The number of nitrogens with two attached hydrogens (primary N) is 1. The van der Waals surface area contributed by atoms with Crippen molar-refractivity contribution in [1.82, 2.24) is 0 Å². The molecule has 3 N–H and O–H groups in total. The minimum atomic E-state index is -3.87. The molecule has 0 bridgehead atoms. The molecule has 0 heterocycles. The number of hydrogen-bond acceptors (Lipinski definition) is 3. The van der Waals surface area contributed by atoms with E-state index in [4.69, 9.17) is 5.73 Å². The normalized spacial score (nSPS) is 11.3. The number of halogens is 3. The molecule has 0 aliphatic heterocycles. The lowest BCUT2D eigenvalue weighted by Crippen LogP contribution is -2.15. The number of nitrogens with one attached hydrogen (secondary N) is 1. The van der Waals surface area contributed by atoms with Gasteiger partial charge in [-0.25, -0.2) is 12.8 Å². The zero-order chi connectivity index (χ0) is 14.9. The molecule has 0 saturated heterocycles. The van der Waals surface area contributed by atoms with E-state index in [1.807, 2.05) is 0 Å². The van der Waals surface area contributed by atoms with Crippen LogP contribution in [0, 0.1) is 5.82 Å². The lowest BCUT2D eigenvalue weighted by Gasteiger charge is -2.12. The maximum atomic E-state index is 12.8. The standard InChI is InChI=1S/C12H9Br2FN2O2S/c13-7-5-10(14)12(11(16)6-7)20(18,19)17-9-3-1-8(15)2-4-9/h1-6,17H,16H2. The second-order valence-corrected chi connectivity index (χ2v) is 7.31. The summed E-state index contributed by atoms with van der Waals surface area (Å²) in [6.07, 6.45) is 0. The molecule has 106 valence electrons. The SMILES string of the molecule is Nc1cc(Br)cc(Br)c1S(=O)(=O)Nc1ccc(F)cc1. The van der Waals surface area contributed by atoms with Gasteiger partial charge in [0.05, 0.1) is 5.69 Å². The molecule has 8 heteroatoms. The number of nitrogen functional groups attached to an aromatic ring is 1. The summed E-state index contributed by atoms with van der Waals surface area (Å²) in [5.41, 5.74) is 6.10. The van der Waals surface area contributed by atoms with Crippen LogP contribution >= 0.6 is 31.9 Å². The molecule has 0 radical (unpaired) electrons. The fourth-order valence-corrected chi connectivity index (χ4v) is 4.72. The van der Waals surface area contributed by atoms with E-state index in [1.54, 1.807) is 6.07 Å². The first kappa shape index (κ1) is 15.3. The van der Waals surface area contributed by atoms with Crippen molar-refractivity contribution in [1.29, 1.82) is 0 Å². The van der Waals surface area contributed by atoms with E-state index >= 15 is 0 Å². The van der Waals surface area contributed by atoms with Gasteiger partial charge >= 0.3 is 0 Å². The van der Waals surface area contributed by atoms with Crippen molar-refractivity contribution in [2.75, 3.05) is 10.5 Å². The van der Waals surface area contributed by atoms with Gasteiger partial charge in [-0.15, -0.1) is 0 Å². The Labute approximate surface area is 132 Å². The molecule has 0 fully saturated rings. The highest BCUT2D eigenvalue weighted by molar-refractivity contribution is 9.11. The molecule has 20 heavy (non-hydrogen) atoms. The maximum Gasteiger partial charge on any atom is 0.265 e. The summed E-state index contributed by atoms with van der Waals surface area (Å²) in [5.74, 6) is -0.447. The lowest BCUT2D eigenvalue weighted by atomic mass is 10.3. The Balaban J connectivity index is 2.43. The van der Waals surface area contributed by atoms with Crippen LogP contribution in [-0.4, -0.2) is 8.42 Å². The topological polar surface area (TPSA) is 72.2 Å². The van der Waals surface area contributed by atoms with Gasteiger partial charge in [0.15, 0.2) is 0 Å². The van der Waals surface area contributed by atoms with Crippen LogP contribution in [0.3, 0.4) is 0 Å². The predicted octanol–water partition coefficient (Wildman–Crippen LogP) is 3.73. The van der Waals surface area contributed by atoms with Gasteiger partial charge in [-0.05, 0) is 52.3 Å². The van der Waals surface area contributed by atoms with Gasteiger partial charge < -0.3 is 5.73 Å². The van der Waals surface area contributed by atoms with E-state index in [0.717, 1.165) is 12.1 Å². The molecule has 0 unspecified atom stereocenters. The Morgan fingerprint density at radius 1 is 1.10 bits per heavy atom. The fraction of sp³-hybridized carbons (Fsp3) is 0. The number of rotatable bonds is 3. The van der Waals surface area contributed by atoms with Gasteiger partial charge in [0.25, 0.3) is 10.0 Å². The van der Waals surface area contributed by atoms with Crippen molar-refractivity contribution >= 4 is 53.3 Å². The van der Waals surface area contributed by atoms with Crippen molar-refractivity contribution in [3.8, 4) is 0 Å². The zero-order valence-electron chi connectivity index (χ0n) is 9.90. The minimum absolute atomic E-state index is 0.0648. The molecule has 4 nitrogen and oxygen atoms in total. The largest absolute Gasteiger partial charge is 0.398 e. The van der Waals surface area contributed by atoms with Gasteiger partial charge in [-0.2, -0.15) is 0 Å². The zero-order valence-corrected chi connectivity index (χ0v) is 13.9. The summed E-state index contributed by atoms with van der Waals surface area (Å²) in [6.45, 7) is 0. The number of sulfonamides is 1. The van der Waals surface area contributed by atoms with Crippen LogP contribution in [0.2, 0.25) is 0 Å².